The number of likely N-dealkylation sites (tertiary alicyclic amines) is 1. The first-order valence-electron chi connectivity index (χ1n) is 4.43. The summed E-state index contributed by atoms with van der Waals surface area (Å²) >= 11 is 5.20. The molecule has 0 saturated carbocycles. The Hall–Kier alpha value is -0.570. The third kappa shape index (κ3) is 2.48. The van der Waals surface area contributed by atoms with Crippen LogP contribution in [0.2, 0.25) is 0 Å². The number of rotatable bonds is 1. The van der Waals surface area contributed by atoms with E-state index >= 15 is 0 Å². The van der Waals surface area contributed by atoms with Gasteiger partial charge in [0.15, 0.2) is 5.11 Å². The fourth-order valence-corrected chi connectivity index (χ4v) is 1.68. The molecular formula is C9H16N2S. The maximum atomic E-state index is 5.20. The largest absolute Gasteiger partial charge is 0.363 e. The predicted molar refractivity (Wildman–Crippen MR) is 56.2 cm³/mol. The van der Waals surface area contributed by atoms with Crippen LogP contribution >= 0.6 is 12.2 Å². The minimum Gasteiger partial charge on any atom is -0.363 e. The van der Waals surface area contributed by atoms with Crippen molar-refractivity contribution in [3.8, 4) is 0 Å². The van der Waals surface area contributed by atoms with Crippen LogP contribution in [0.4, 0.5) is 0 Å². The van der Waals surface area contributed by atoms with Crippen molar-refractivity contribution in [3.63, 3.8) is 0 Å². The molecule has 0 aromatic heterocycles. The van der Waals surface area contributed by atoms with Gasteiger partial charge in [0.25, 0.3) is 0 Å². The van der Waals surface area contributed by atoms with Gasteiger partial charge in [0.2, 0.25) is 0 Å². The Kier molecular flexibility index (Phi) is 3.53. The van der Waals surface area contributed by atoms with E-state index < -0.39 is 0 Å². The van der Waals surface area contributed by atoms with Crippen LogP contribution in [0.1, 0.15) is 19.8 Å². The third-order valence-electron chi connectivity index (χ3n) is 1.99. The Morgan fingerprint density at radius 3 is 3.08 bits per heavy atom. The number of hydrogen-bond acceptors (Lipinski definition) is 1. The van der Waals surface area contributed by atoms with Crippen LogP contribution in [-0.2, 0) is 0 Å². The maximum absolute atomic E-state index is 5.20. The van der Waals surface area contributed by atoms with Crippen molar-refractivity contribution in [1.82, 2.24) is 10.2 Å². The fourth-order valence-electron chi connectivity index (χ4n) is 1.38. The van der Waals surface area contributed by atoms with Gasteiger partial charge >= 0.3 is 0 Å². The second kappa shape index (κ2) is 4.45. The molecule has 0 bridgehead atoms. The summed E-state index contributed by atoms with van der Waals surface area (Å²) in [4.78, 5) is 2.19. The van der Waals surface area contributed by atoms with E-state index in [0.29, 0.717) is 0 Å². The Bertz CT molecular complexity index is 189. The summed E-state index contributed by atoms with van der Waals surface area (Å²) in [5.41, 5.74) is 1.29. The second-order valence-electron chi connectivity index (χ2n) is 3.11. The molecule has 3 heteroatoms. The van der Waals surface area contributed by atoms with Gasteiger partial charge in [-0.25, -0.2) is 0 Å². The highest BCUT2D eigenvalue weighted by Crippen LogP contribution is 2.12. The molecule has 1 heterocycles. The molecule has 0 unspecified atom stereocenters. The van der Waals surface area contributed by atoms with Crippen molar-refractivity contribution in [2.45, 2.75) is 19.8 Å². The average Bonchev–Trinajstić information content (AvgIpc) is 2.05. The summed E-state index contributed by atoms with van der Waals surface area (Å²) in [5, 5.41) is 4.03. The molecule has 68 valence electrons. The smallest absolute Gasteiger partial charge is 0.169 e. The Balaban J connectivity index is 2.40. The summed E-state index contributed by atoms with van der Waals surface area (Å²) < 4.78 is 0. The molecule has 1 fully saturated rings. The van der Waals surface area contributed by atoms with Gasteiger partial charge in [0, 0.05) is 19.6 Å². The number of nitrogens with zero attached hydrogens (tertiary/aromatic N) is 1. The molecule has 12 heavy (non-hydrogen) atoms. The molecule has 0 aromatic rings. The van der Waals surface area contributed by atoms with Crippen LogP contribution < -0.4 is 5.32 Å². The molecule has 2 nitrogen and oxygen atoms in total. The highest BCUT2D eigenvalue weighted by Gasteiger charge is 2.14. The lowest BCUT2D eigenvalue weighted by Crippen LogP contribution is -2.43. The predicted octanol–water partition coefficient (Wildman–Crippen LogP) is 1.53. The molecule has 0 aliphatic carbocycles. The van der Waals surface area contributed by atoms with E-state index in [1.54, 1.807) is 0 Å². The minimum absolute atomic E-state index is 0.873. The second-order valence-corrected chi connectivity index (χ2v) is 3.50. The van der Waals surface area contributed by atoms with Crippen molar-refractivity contribution >= 4 is 17.3 Å². The fraction of sp³-hybridized carbons (Fsp3) is 0.667. The highest BCUT2D eigenvalue weighted by atomic mass is 32.1. The van der Waals surface area contributed by atoms with E-state index in [4.69, 9.17) is 12.2 Å². The Labute approximate surface area is 79.6 Å². The molecule has 1 aliphatic rings. The first kappa shape index (κ1) is 9.52. The minimum atomic E-state index is 0.873. The average molecular weight is 184 g/mol. The summed E-state index contributed by atoms with van der Waals surface area (Å²) in [6.07, 6.45) is 2.34. The molecule has 0 amide bonds. The molecule has 0 atom stereocenters. The van der Waals surface area contributed by atoms with Gasteiger partial charge < -0.3 is 10.2 Å². The summed E-state index contributed by atoms with van der Waals surface area (Å²) in [7, 11) is 0. The van der Waals surface area contributed by atoms with Gasteiger partial charge in [0.05, 0.1) is 0 Å². The zero-order valence-corrected chi connectivity index (χ0v) is 8.41. The lowest BCUT2D eigenvalue weighted by Gasteiger charge is -2.30. The number of thiocarbonyl (C=S) groups is 1. The van der Waals surface area contributed by atoms with E-state index in [1.807, 2.05) is 0 Å². The van der Waals surface area contributed by atoms with Crippen LogP contribution in [0.5, 0.6) is 0 Å². The molecule has 0 aromatic carbocycles. The molecule has 1 aliphatic heterocycles. The van der Waals surface area contributed by atoms with Crippen molar-refractivity contribution in [2.75, 3.05) is 19.6 Å². The highest BCUT2D eigenvalue weighted by molar-refractivity contribution is 7.80. The molecular weight excluding hydrogens is 168 g/mol. The Morgan fingerprint density at radius 2 is 2.50 bits per heavy atom. The first-order valence-corrected chi connectivity index (χ1v) is 4.84. The molecule has 0 spiro atoms. The van der Waals surface area contributed by atoms with E-state index in [2.05, 4.69) is 23.7 Å². The van der Waals surface area contributed by atoms with Gasteiger partial charge in [0.1, 0.15) is 0 Å². The number of piperidine rings is 1. The third-order valence-corrected chi connectivity index (χ3v) is 2.39. The number of hydrogen-bond donors (Lipinski definition) is 1. The molecule has 1 rings (SSSR count). The van der Waals surface area contributed by atoms with Gasteiger partial charge in [-0.1, -0.05) is 12.2 Å². The van der Waals surface area contributed by atoms with E-state index in [0.717, 1.165) is 31.2 Å². The number of nitrogens with one attached hydrogen (secondary N) is 1. The van der Waals surface area contributed by atoms with Crippen molar-refractivity contribution in [3.05, 3.63) is 12.2 Å². The van der Waals surface area contributed by atoms with Crippen molar-refractivity contribution < 1.29 is 0 Å². The zero-order valence-electron chi connectivity index (χ0n) is 7.60. The van der Waals surface area contributed by atoms with Crippen LogP contribution in [0, 0.1) is 0 Å². The van der Waals surface area contributed by atoms with Crippen molar-refractivity contribution in [1.29, 1.82) is 0 Å². The Morgan fingerprint density at radius 1 is 1.75 bits per heavy atom. The molecule has 0 radical (unpaired) electrons. The molecule has 1 saturated heterocycles. The van der Waals surface area contributed by atoms with Gasteiger partial charge in [-0.15, -0.1) is 0 Å². The van der Waals surface area contributed by atoms with E-state index in [-0.39, 0.29) is 0 Å². The summed E-state index contributed by atoms with van der Waals surface area (Å²) in [6, 6.07) is 0. The van der Waals surface area contributed by atoms with E-state index in [9.17, 15) is 0 Å². The summed E-state index contributed by atoms with van der Waals surface area (Å²) in [5.74, 6) is 0. The summed E-state index contributed by atoms with van der Waals surface area (Å²) in [6.45, 7) is 8.95. The standard InChI is InChI=1S/C9H16N2S/c1-3-10-9(12)11-6-4-5-8(2)7-11/h2-7H2,1H3,(H,10,12). The van der Waals surface area contributed by atoms with Gasteiger partial charge in [-0.3, -0.25) is 0 Å². The van der Waals surface area contributed by atoms with Crippen LogP contribution in [0.25, 0.3) is 0 Å². The van der Waals surface area contributed by atoms with E-state index in [1.165, 1.54) is 12.0 Å². The van der Waals surface area contributed by atoms with Gasteiger partial charge in [-0.05, 0) is 32.0 Å². The van der Waals surface area contributed by atoms with Crippen LogP contribution in [0.3, 0.4) is 0 Å². The zero-order chi connectivity index (χ0) is 8.97. The van der Waals surface area contributed by atoms with Crippen LogP contribution in [-0.4, -0.2) is 29.6 Å². The molecule has 1 N–H and O–H groups in total. The lowest BCUT2D eigenvalue weighted by atomic mass is 10.1. The maximum Gasteiger partial charge on any atom is 0.169 e. The quantitative estimate of drug-likeness (QED) is 0.491. The van der Waals surface area contributed by atoms with Gasteiger partial charge in [-0.2, -0.15) is 0 Å². The van der Waals surface area contributed by atoms with Crippen LogP contribution in [0.15, 0.2) is 12.2 Å². The lowest BCUT2D eigenvalue weighted by molar-refractivity contribution is 0.393. The monoisotopic (exact) mass is 184 g/mol. The SMILES string of the molecule is C=C1CCCN(C(=S)NCC)C1. The first-order chi connectivity index (χ1) is 5.74. The topological polar surface area (TPSA) is 15.3 Å². The normalized spacial score (nSPS) is 17.8. The van der Waals surface area contributed by atoms with Crippen molar-refractivity contribution in [2.24, 2.45) is 0 Å².